The van der Waals surface area contributed by atoms with Gasteiger partial charge in [0.05, 0.1) is 5.75 Å². The lowest BCUT2D eigenvalue weighted by atomic mass is 10.0. The zero-order chi connectivity index (χ0) is 23.5. The number of hydrogen-bond donors (Lipinski definition) is 2. The summed E-state index contributed by atoms with van der Waals surface area (Å²) >= 11 is 1.55. The van der Waals surface area contributed by atoms with Gasteiger partial charge in [-0.1, -0.05) is 19.9 Å². The predicted molar refractivity (Wildman–Crippen MR) is 120 cm³/mol. The minimum absolute atomic E-state index is 0.0489. The van der Waals surface area contributed by atoms with Crippen LogP contribution in [0.3, 0.4) is 0 Å². The van der Waals surface area contributed by atoms with E-state index in [1.807, 2.05) is 31.4 Å². The first kappa shape index (κ1) is 24.3. The van der Waals surface area contributed by atoms with E-state index in [4.69, 9.17) is 0 Å². The van der Waals surface area contributed by atoms with E-state index in [9.17, 15) is 28.0 Å². The van der Waals surface area contributed by atoms with E-state index < -0.39 is 22.0 Å². The van der Waals surface area contributed by atoms with Crippen molar-refractivity contribution in [1.82, 2.24) is 14.7 Å². The largest absolute Gasteiger partial charge is 0.289 e. The number of carbonyl (C=O) groups excluding carboxylic acids is 3. The van der Waals surface area contributed by atoms with Crippen LogP contribution in [0.1, 0.15) is 38.7 Å². The molecular formula is C21H27N3O6S2. The van der Waals surface area contributed by atoms with Crippen LogP contribution in [0.25, 0.3) is 10.1 Å². The van der Waals surface area contributed by atoms with Crippen molar-refractivity contribution in [2.45, 2.75) is 44.9 Å². The third-order valence-electron chi connectivity index (χ3n) is 5.38. The van der Waals surface area contributed by atoms with Gasteiger partial charge in [-0.2, -0.15) is 4.31 Å². The molecule has 2 heterocycles. The molecule has 174 valence electrons. The maximum absolute atomic E-state index is 13.5. The summed E-state index contributed by atoms with van der Waals surface area (Å²) in [5.41, 5.74) is 2.12. The number of rotatable bonds is 10. The van der Waals surface area contributed by atoms with Crippen LogP contribution in [0.5, 0.6) is 0 Å². The molecule has 0 unspecified atom stereocenters. The molecule has 1 fully saturated rings. The van der Waals surface area contributed by atoms with Gasteiger partial charge < -0.3 is 0 Å². The molecule has 1 aliphatic rings. The van der Waals surface area contributed by atoms with Gasteiger partial charge in [0.1, 0.15) is 6.04 Å². The minimum atomic E-state index is -4.04. The molecule has 0 spiro atoms. The monoisotopic (exact) mass is 481 g/mol. The molecule has 1 aromatic carbocycles. The molecular weight excluding hydrogens is 454 g/mol. The van der Waals surface area contributed by atoms with Crippen LogP contribution >= 0.6 is 11.3 Å². The van der Waals surface area contributed by atoms with E-state index in [0.717, 1.165) is 19.3 Å². The first-order valence-corrected chi connectivity index (χ1v) is 12.8. The van der Waals surface area contributed by atoms with Gasteiger partial charge in [-0.3, -0.25) is 24.5 Å². The summed E-state index contributed by atoms with van der Waals surface area (Å²) in [7, 11) is -4.04. The number of likely N-dealkylation sites (tertiary alicyclic amines) is 1. The van der Waals surface area contributed by atoms with Gasteiger partial charge in [-0.25, -0.2) is 13.9 Å². The molecule has 9 nitrogen and oxygen atoms in total. The van der Waals surface area contributed by atoms with Crippen LogP contribution < -0.4 is 5.48 Å². The standard InChI is InChI=1S/C21H27N3O6S2/c1-14(2)11-17(21(27)22-28)24(9-8-23-19(25)5-6-20(23)26)32(29,30)13-15-3-4-18-16(12-15)7-10-31-18/h3-4,7,10,12,14,17,28H,5-6,8-9,11,13H2,1-2H3,(H,22,27)/t17-/m1/s1. The van der Waals surface area contributed by atoms with E-state index in [1.54, 1.807) is 28.9 Å². The zero-order valence-corrected chi connectivity index (χ0v) is 19.6. The number of hydrogen-bond acceptors (Lipinski definition) is 7. The number of benzene rings is 1. The van der Waals surface area contributed by atoms with Crippen LogP contribution in [0.15, 0.2) is 29.6 Å². The number of sulfonamides is 1. The molecule has 2 aromatic rings. The van der Waals surface area contributed by atoms with Crippen molar-refractivity contribution in [3.63, 3.8) is 0 Å². The summed E-state index contributed by atoms with van der Waals surface area (Å²) in [6.45, 7) is 3.29. The summed E-state index contributed by atoms with van der Waals surface area (Å²) in [5, 5.41) is 12.1. The van der Waals surface area contributed by atoms with Crippen molar-refractivity contribution in [2.24, 2.45) is 5.92 Å². The van der Waals surface area contributed by atoms with Crippen molar-refractivity contribution in [3.8, 4) is 0 Å². The second kappa shape index (κ2) is 10.1. The van der Waals surface area contributed by atoms with Gasteiger partial charge in [0.2, 0.25) is 21.8 Å². The fourth-order valence-corrected chi connectivity index (χ4v) is 6.30. The third kappa shape index (κ3) is 5.52. The van der Waals surface area contributed by atoms with Crippen LogP contribution in [0, 0.1) is 5.92 Å². The molecule has 1 saturated heterocycles. The van der Waals surface area contributed by atoms with Crippen molar-refractivity contribution in [3.05, 3.63) is 35.2 Å². The second-order valence-electron chi connectivity index (χ2n) is 8.22. The van der Waals surface area contributed by atoms with E-state index in [0.29, 0.717) is 5.56 Å². The maximum atomic E-state index is 13.5. The van der Waals surface area contributed by atoms with Crippen molar-refractivity contribution < 1.29 is 28.0 Å². The van der Waals surface area contributed by atoms with Crippen molar-refractivity contribution in [2.75, 3.05) is 13.1 Å². The highest BCUT2D eigenvalue weighted by Gasteiger charge is 2.37. The van der Waals surface area contributed by atoms with Crippen molar-refractivity contribution in [1.29, 1.82) is 0 Å². The highest BCUT2D eigenvalue weighted by atomic mass is 32.2. The highest BCUT2D eigenvalue weighted by Crippen LogP contribution is 2.25. The third-order valence-corrected chi connectivity index (χ3v) is 8.12. The van der Waals surface area contributed by atoms with Crippen molar-refractivity contribution >= 4 is 49.2 Å². The number of amides is 3. The van der Waals surface area contributed by atoms with E-state index in [2.05, 4.69) is 0 Å². The fraction of sp³-hybridized carbons (Fsp3) is 0.476. The number of hydroxylamine groups is 1. The van der Waals surface area contributed by atoms with Gasteiger partial charge in [-0.05, 0) is 46.9 Å². The number of nitrogens with zero attached hydrogens (tertiary/aromatic N) is 2. The van der Waals surface area contributed by atoms with E-state index in [1.165, 1.54) is 0 Å². The Morgan fingerprint density at radius 2 is 1.91 bits per heavy atom. The molecule has 0 radical (unpaired) electrons. The van der Waals surface area contributed by atoms with Gasteiger partial charge in [0, 0.05) is 30.6 Å². The van der Waals surface area contributed by atoms with E-state index in [-0.39, 0.29) is 55.8 Å². The first-order valence-electron chi connectivity index (χ1n) is 10.3. The number of fused-ring (bicyclic) bond motifs is 1. The molecule has 1 aromatic heterocycles. The molecule has 1 atom stereocenters. The normalized spacial score (nSPS) is 15.8. The Kier molecular flexibility index (Phi) is 7.65. The average Bonchev–Trinajstić information content (AvgIpc) is 3.32. The molecule has 0 aliphatic carbocycles. The van der Waals surface area contributed by atoms with Gasteiger partial charge in [-0.15, -0.1) is 11.3 Å². The van der Waals surface area contributed by atoms with Crippen LogP contribution in [-0.2, 0) is 30.2 Å². The maximum Gasteiger partial charge on any atom is 0.261 e. The Labute approximate surface area is 191 Å². The molecule has 3 amide bonds. The first-order chi connectivity index (χ1) is 15.1. The molecule has 2 N–H and O–H groups in total. The van der Waals surface area contributed by atoms with Gasteiger partial charge in [0.25, 0.3) is 5.91 Å². The summed E-state index contributed by atoms with van der Waals surface area (Å²) in [5.74, 6) is -1.97. The minimum Gasteiger partial charge on any atom is -0.289 e. The lowest BCUT2D eigenvalue weighted by Crippen LogP contribution is -2.52. The number of nitrogens with one attached hydrogen (secondary N) is 1. The molecule has 11 heteroatoms. The Bertz CT molecular complexity index is 1100. The molecule has 0 saturated carbocycles. The summed E-state index contributed by atoms with van der Waals surface area (Å²) in [6, 6.07) is 6.09. The predicted octanol–water partition coefficient (Wildman–Crippen LogP) is 2.10. The molecule has 0 bridgehead atoms. The number of carbonyl (C=O) groups is 3. The van der Waals surface area contributed by atoms with Crippen LogP contribution in [-0.4, -0.2) is 59.7 Å². The lowest BCUT2D eigenvalue weighted by Gasteiger charge is -2.31. The Balaban J connectivity index is 1.91. The topological polar surface area (TPSA) is 124 Å². The second-order valence-corrected chi connectivity index (χ2v) is 11.1. The SMILES string of the molecule is CC(C)C[C@H](C(=O)NO)N(CCN1C(=O)CCC1=O)S(=O)(=O)Cc1ccc2sccc2c1. The van der Waals surface area contributed by atoms with Gasteiger partial charge in [0.15, 0.2) is 0 Å². The van der Waals surface area contributed by atoms with E-state index >= 15 is 0 Å². The summed E-state index contributed by atoms with van der Waals surface area (Å²) in [6.07, 6.45) is 0.356. The quantitative estimate of drug-likeness (QED) is 0.304. The molecule has 32 heavy (non-hydrogen) atoms. The zero-order valence-electron chi connectivity index (χ0n) is 18.0. The molecule has 1 aliphatic heterocycles. The van der Waals surface area contributed by atoms with Crippen LogP contribution in [0.4, 0.5) is 0 Å². The highest BCUT2D eigenvalue weighted by molar-refractivity contribution is 7.88. The summed E-state index contributed by atoms with van der Waals surface area (Å²) < 4.78 is 29.0. The van der Waals surface area contributed by atoms with Crippen LogP contribution in [0.2, 0.25) is 0 Å². The molecule has 3 rings (SSSR count). The smallest absolute Gasteiger partial charge is 0.261 e. The fourth-order valence-electron chi connectivity index (χ4n) is 3.84. The number of imide groups is 1. The van der Waals surface area contributed by atoms with Gasteiger partial charge >= 0.3 is 0 Å². The lowest BCUT2D eigenvalue weighted by molar-refractivity contribution is -0.138. The Morgan fingerprint density at radius 3 is 2.53 bits per heavy atom. The number of thiophene rings is 1. The summed E-state index contributed by atoms with van der Waals surface area (Å²) in [4.78, 5) is 37.5. The Morgan fingerprint density at radius 1 is 1.22 bits per heavy atom. The average molecular weight is 482 g/mol. The Hall–Kier alpha value is -2.34.